The Morgan fingerprint density at radius 1 is 1.20 bits per heavy atom. The number of aryl methyl sites for hydroxylation is 1. The van der Waals surface area contributed by atoms with Crippen LogP contribution in [0.25, 0.3) is 0 Å². The lowest BCUT2D eigenvalue weighted by atomic mass is 9.97. The molecule has 4 nitrogen and oxygen atoms in total. The van der Waals surface area contributed by atoms with Crippen molar-refractivity contribution in [2.45, 2.75) is 65.3 Å². The average Bonchev–Trinajstić information content (AvgIpc) is 2.53. The second-order valence-corrected chi connectivity index (χ2v) is 5.39. The van der Waals surface area contributed by atoms with Crippen LogP contribution in [0, 0.1) is 11.3 Å². The molecule has 2 rings (SSSR count). The second kappa shape index (κ2) is 6.69. The fraction of sp³-hybridized carbons (Fsp3) is 0.688. The highest BCUT2D eigenvalue weighted by Gasteiger charge is 2.26. The summed E-state index contributed by atoms with van der Waals surface area (Å²) < 4.78 is 0. The Hall–Kier alpha value is -1.63. The van der Waals surface area contributed by atoms with E-state index in [0.29, 0.717) is 6.04 Å². The Bertz CT molecular complexity index is 504. The van der Waals surface area contributed by atoms with Crippen LogP contribution in [0.2, 0.25) is 0 Å². The van der Waals surface area contributed by atoms with E-state index in [4.69, 9.17) is 0 Å². The first kappa shape index (κ1) is 14.8. The number of hydrogen-bond acceptors (Lipinski definition) is 4. The van der Waals surface area contributed by atoms with E-state index in [1.54, 1.807) is 0 Å². The molecule has 2 heterocycles. The molecule has 1 aromatic rings. The minimum absolute atomic E-state index is 0.502. The van der Waals surface area contributed by atoms with Gasteiger partial charge in [0.15, 0.2) is 5.82 Å². The first-order valence-electron chi connectivity index (χ1n) is 7.81. The highest BCUT2D eigenvalue weighted by molar-refractivity contribution is 5.58. The molecule has 1 unspecified atom stereocenters. The van der Waals surface area contributed by atoms with E-state index in [1.165, 1.54) is 19.3 Å². The number of anilines is 1. The maximum Gasteiger partial charge on any atom is 0.169 e. The van der Waals surface area contributed by atoms with Crippen LogP contribution in [0.4, 0.5) is 5.82 Å². The van der Waals surface area contributed by atoms with Gasteiger partial charge in [-0.25, -0.2) is 0 Å². The van der Waals surface area contributed by atoms with Crippen molar-refractivity contribution in [1.29, 1.82) is 5.26 Å². The van der Waals surface area contributed by atoms with Crippen LogP contribution in [0.5, 0.6) is 0 Å². The zero-order valence-electron chi connectivity index (χ0n) is 12.8. The number of aromatic nitrogens is 2. The highest BCUT2D eigenvalue weighted by Crippen LogP contribution is 2.29. The molecule has 1 saturated heterocycles. The first-order valence-corrected chi connectivity index (χ1v) is 7.81. The minimum atomic E-state index is 0.502. The molecule has 0 bridgehead atoms. The van der Waals surface area contributed by atoms with Crippen molar-refractivity contribution < 1.29 is 0 Å². The molecule has 108 valence electrons. The lowest BCUT2D eigenvalue weighted by Crippen LogP contribution is -2.40. The molecule has 1 fully saturated rings. The van der Waals surface area contributed by atoms with Crippen molar-refractivity contribution in [3.8, 4) is 6.07 Å². The summed E-state index contributed by atoms with van der Waals surface area (Å²) in [6.07, 6.45) is 6.43. The monoisotopic (exact) mass is 272 g/mol. The number of nitriles is 1. The molecule has 20 heavy (non-hydrogen) atoms. The van der Waals surface area contributed by atoms with Gasteiger partial charge in [-0.2, -0.15) is 10.4 Å². The number of hydrogen-bond donors (Lipinski definition) is 0. The largest absolute Gasteiger partial charge is 0.351 e. The molecular formula is C16H24N4. The van der Waals surface area contributed by atoms with Crippen LogP contribution < -0.4 is 4.90 Å². The smallest absolute Gasteiger partial charge is 0.169 e. The standard InChI is InChI=1S/C16H24N4/c1-4-12-9-7-8-10-20(12)16-14(11-17)13(5-2)15(6-3)18-19-16/h12H,4-10H2,1-3H3. The molecule has 1 aromatic heterocycles. The van der Waals surface area contributed by atoms with Crippen LogP contribution in [0.15, 0.2) is 0 Å². The predicted octanol–water partition coefficient (Wildman–Crippen LogP) is 3.24. The summed E-state index contributed by atoms with van der Waals surface area (Å²) in [5.41, 5.74) is 2.80. The van der Waals surface area contributed by atoms with E-state index >= 15 is 0 Å². The zero-order chi connectivity index (χ0) is 14.5. The summed E-state index contributed by atoms with van der Waals surface area (Å²) in [4.78, 5) is 2.31. The van der Waals surface area contributed by atoms with E-state index in [1.807, 2.05) is 0 Å². The molecule has 0 spiro atoms. The first-order chi connectivity index (χ1) is 9.76. The molecule has 4 heteroatoms. The molecule has 1 aliphatic heterocycles. The van der Waals surface area contributed by atoms with E-state index < -0.39 is 0 Å². The van der Waals surface area contributed by atoms with E-state index in [9.17, 15) is 5.26 Å². The van der Waals surface area contributed by atoms with E-state index in [2.05, 4.69) is 41.9 Å². The van der Waals surface area contributed by atoms with Crippen molar-refractivity contribution in [3.63, 3.8) is 0 Å². The van der Waals surface area contributed by atoms with Gasteiger partial charge in [0.1, 0.15) is 11.6 Å². The van der Waals surface area contributed by atoms with Crippen molar-refractivity contribution in [3.05, 3.63) is 16.8 Å². The normalized spacial score (nSPS) is 18.9. The fourth-order valence-electron chi connectivity index (χ4n) is 3.18. The molecule has 0 aliphatic carbocycles. The predicted molar refractivity (Wildman–Crippen MR) is 80.8 cm³/mol. The summed E-state index contributed by atoms with van der Waals surface area (Å²) in [7, 11) is 0. The summed E-state index contributed by atoms with van der Waals surface area (Å²) >= 11 is 0. The summed E-state index contributed by atoms with van der Waals surface area (Å²) in [6.45, 7) is 7.37. The van der Waals surface area contributed by atoms with Gasteiger partial charge in [0.2, 0.25) is 0 Å². The highest BCUT2D eigenvalue weighted by atomic mass is 15.3. The molecule has 0 N–H and O–H groups in total. The Labute approximate surface area is 121 Å². The lowest BCUT2D eigenvalue weighted by molar-refractivity contribution is 0.445. The third kappa shape index (κ3) is 2.63. The maximum atomic E-state index is 9.60. The SMILES string of the molecule is CCc1nnc(N2CCCCC2CC)c(C#N)c1CC. The van der Waals surface area contributed by atoms with Gasteiger partial charge in [-0.15, -0.1) is 5.10 Å². The van der Waals surface area contributed by atoms with Gasteiger partial charge in [0.05, 0.1) is 5.69 Å². The summed E-state index contributed by atoms with van der Waals surface area (Å²) in [6, 6.07) is 2.89. The summed E-state index contributed by atoms with van der Waals surface area (Å²) in [5, 5.41) is 18.4. The van der Waals surface area contributed by atoms with Crippen LogP contribution in [0.3, 0.4) is 0 Å². The Morgan fingerprint density at radius 2 is 2.00 bits per heavy atom. The number of rotatable bonds is 4. The number of nitrogens with zero attached hydrogens (tertiary/aromatic N) is 4. The molecule has 0 saturated carbocycles. The Kier molecular flexibility index (Phi) is 4.94. The van der Waals surface area contributed by atoms with E-state index in [0.717, 1.165) is 48.4 Å². The van der Waals surface area contributed by atoms with Crippen LogP contribution in [-0.2, 0) is 12.8 Å². The fourth-order valence-corrected chi connectivity index (χ4v) is 3.18. The van der Waals surface area contributed by atoms with Gasteiger partial charge >= 0.3 is 0 Å². The average molecular weight is 272 g/mol. The van der Waals surface area contributed by atoms with Crippen molar-refractivity contribution in [1.82, 2.24) is 10.2 Å². The maximum absolute atomic E-state index is 9.60. The minimum Gasteiger partial charge on any atom is -0.351 e. The third-order valence-corrected chi connectivity index (χ3v) is 4.31. The van der Waals surface area contributed by atoms with Gasteiger partial charge in [0.25, 0.3) is 0 Å². The molecule has 0 amide bonds. The van der Waals surface area contributed by atoms with Gasteiger partial charge in [-0.05, 0) is 44.1 Å². The molecule has 0 aromatic carbocycles. The van der Waals surface area contributed by atoms with Crippen molar-refractivity contribution >= 4 is 5.82 Å². The Balaban J connectivity index is 2.48. The van der Waals surface area contributed by atoms with Crippen LogP contribution >= 0.6 is 0 Å². The van der Waals surface area contributed by atoms with Gasteiger partial charge in [-0.1, -0.05) is 20.8 Å². The number of piperidine rings is 1. The van der Waals surface area contributed by atoms with Gasteiger partial charge in [-0.3, -0.25) is 0 Å². The third-order valence-electron chi connectivity index (χ3n) is 4.31. The zero-order valence-corrected chi connectivity index (χ0v) is 12.8. The van der Waals surface area contributed by atoms with Crippen molar-refractivity contribution in [2.75, 3.05) is 11.4 Å². The van der Waals surface area contributed by atoms with E-state index in [-0.39, 0.29) is 0 Å². The lowest BCUT2D eigenvalue weighted by Gasteiger charge is -2.36. The Morgan fingerprint density at radius 3 is 2.60 bits per heavy atom. The molecule has 1 atom stereocenters. The molecular weight excluding hydrogens is 248 g/mol. The van der Waals surface area contributed by atoms with Crippen molar-refractivity contribution in [2.24, 2.45) is 0 Å². The van der Waals surface area contributed by atoms with Gasteiger partial charge in [0, 0.05) is 12.6 Å². The molecule has 0 radical (unpaired) electrons. The van der Waals surface area contributed by atoms with Crippen LogP contribution in [0.1, 0.15) is 63.3 Å². The topological polar surface area (TPSA) is 52.8 Å². The second-order valence-electron chi connectivity index (χ2n) is 5.39. The summed E-state index contributed by atoms with van der Waals surface area (Å²) in [5.74, 6) is 0.813. The molecule has 1 aliphatic rings. The van der Waals surface area contributed by atoms with Gasteiger partial charge < -0.3 is 4.90 Å². The van der Waals surface area contributed by atoms with Crippen LogP contribution in [-0.4, -0.2) is 22.8 Å². The quantitative estimate of drug-likeness (QED) is 0.844.